The van der Waals surface area contributed by atoms with E-state index in [4.69, 9.17) is 11.6 Å². The summed E-state index contributed by atoms with van der Waals surface area (Å²) in [5.41, 5.74) is 1.08. The highest BCUT2D eigenvalue weighted by molar-refractivity contribution is 6.29. The fraction of sp³-hybridized carbons (Fsp3) is 0.500. The summed E-state index contributed by atoms with van der Waals surface area (Å²) in [6.45, 7) is 5.65. The van der Waals surface area contributed by atoms with Crippen LogP contribution in [-0.4, -0.2) is 26.9 Å². The molecule has 1 unspecified atom stereocenters. The van der Waals surface area contributed by atoms with E-state index in [9.17, 15) is 0 Å². The minimum absolute atomic E-state index is 0.396. The van der Waals surface area contributed by atoms with E-state index in [0.717, 1.165) is 23.0 Å². The highest BCUT2D eigenvalue weighted by Crippen LogP contribution is 2.34. The van der Waals surface area contributed by atoms with Crippen LogP contribution in [0.4, 0.5) is 0 Å². The number of hydrogen-bond donors (Lipinski definition) is 0. The van der Waals surface area contributed by atoms with Crippen LogP contribution in [0.3, 0.4) is 0 Å². The quantitative estimate of drug-likeness (QED) is 0.773. The molecule has 1 saturated heterocycles. The fourth-order valence-corrected chi connectivity index (χ4v) is 3.21. The van der Waals surface area contributed by atoms with Crippen LogP contribution in [0.1, 0.15) is 38.6 Å². The van der Waals surface area contributed by atoms with Crippen molar-refractivity contribution in [1.29, 1.82) is 0 Å². The van der Waals surface area contributed by atoms with E-state index >= 15 is 0 Å². The molecule has 0 bridgehead atoms. The van der Waals surface area contributed by atoms with Crippen molar-refractivity contribution in [2.45, 2.75) is 38.8 Å². The lowest BCUT2D eigenvalue weighted by molar-refractivity contribution is 0.198. The molecule has 0 spiro atoms. The zero-order chi connectivity index (χ0) is 12.7. The summed E-state index contributed by atoms with van der Waals surface area (Å²) in [4.78, 5) is 7.12. The summed E-state index contributed by atoms with van der Waals surface area (Å²) >= 11 is 6.31. The van der Waals surface area contributed by atoms with Crippen molar-refractivity contribution in [2.24, 2.45) is 0 Å². The monoisotopic (exact) mass is 263 g/mol. The molecular weight excluding hydrogens is 246 g/mol. The number of pyridine rings is 1. The SMILES string of the molecule is CC(C)N1CCCC1c1ncc2cccc(Cl)n12. The van der Waals surface area contributed by atoms with Crippen molar-refractivity contribution < 1.29 is 0 Å². The normalized spacial score (nSPS) is 21.2. The Morgan fingerprint density at radius 2 is 2.22 bits per heavy atom. The van der Waals surface area contributed by atoms with Gasteiger partial charge in [-0.2, -0.15) is 0 Å². The van der Waals surface area contributed by atoms with Crippen molar-refractivity contribution in [1.82, 2.24) is 14.3 Å². The van der Waals surface area contributed by atoms with Crippen LogP contribution in [0, 0.1) is 0 Å². The number of fused-ring (bicyclic) bond motifs is 1. The van der Waals surface area contributed by atoms with E-state index in [1.807, 2.05) is 18.3 Å². The van der Waals surface area contributed by atoms with Gasteiger partial charge in [0.05, 0.1) is 17.8 Å². The minimum atomic E-state index is 0.396. The van der Waals surface area contributed by atoms with Gasteiger partial charge < -0.3 is 0 Å². The molecule has 2 aromatic rings. The van der Waals surface area contributed by atoms with E-state index in [0.29, 0.717) is 12.1 Å². The maximum absolute atomic E-state index is 6.31. The number of aromatic nitrogens is 2. The minimum Gasteiger partial charge on any atom is -0.291 e. The van der Waals surface area contributed by atoms with Crippen LogP contribution in [0.15, 0.2) is 24.4 Å². The molecule has 0 aliphatic carbocycles. The molecule has 1 fully saturated rings. The lowest BCUT2D eigenvalue weighted by Gasteiger charge is -2.27. The second-order valence-electron chi connectivity index (χ2n) is 5.21. The fourth-order valence-electron chi connectivity index (χ4n) is 2.95. The first-order valence-electron chi connectivity index (χ1n) is 6.56. The van der Waals surface area contributed by atoms with E-state index in [-0.39, 0.29) is 0 Å². The number of hydrogen-bond acceptors (Lipinski definition) is 2. The molecule has 0 amide bonds. The average molecular weight is 264 g/mol. The molecule has 1 aliphatic heterocycles. The largest absolute Gasteiger partial charge is 0.291 e. The van der Waals surface area contributed by atoms with Gasteiger partial charge in [-0.15, -0.1) is 0 Å². The van der Waals surface area contributed by atoms with Gasteiger partial charge in [-0.25, -0.2) is 4.98 Å². The maximum Gasteiger partial charge on any atom is 0.131 e. The Bertz CT molecular complexity index is 561. The highest BCUT2D eigenvalue weighted by atomic mass is 35.5. The number of halogens is 1. The van der Waals surface area contributed by atoms with Gasteiger partial charge in [0, 0.05) is 6.04 Å². The third kappa shape index (κ3) is 1.82. The van der Waals surface area contributed by atoms with E-state index in [1.165, 1.54) is 12.8 Å². The van der Waals surface area contributed by atoms with Gasteiger partial charge in [-0.1, -0.05) is 17.7 Å². The van der Waals surface area contributed by atoms with Gasteiger partial charge in [0.15, 0.2) is 0 Å². The Morgan fingerprint density at radius 3 is 3.00 bits per heavy atom. The number of imidazole rings is 1. The molecular formula is C14H18ClN3. The number of likely N-dealkylation sites (tertiary alicyclic amines) is 1. The number of rotatable bonds is 2. The lowest BCUT2D eigenvalue weighted by atomic mass is 10.2. The standard InChI is InChI=1S/C14H18ClN3/c1-10(2)17-8-4-6-12(17)14-16-9-11-5-3-7-13(15)18(11)14/h3,5,7,9-10,12H,4,6,8H2,1-2H3. The molecule has 3 nitrogen and oxygen atoms in total. The first kappa shape index (κ1) is 12.0. The molecule has 4 heteroatoms. The number of nitrogens with zero attached hydrogens (tertiary/aromatic N) is 3. The highest BCUT2D eigenvalue weighted by Gasteiger charge is 2.31. The Morgan fingerprint density at radius 1 is 1.39 bits per heavy atom. The zero-order valence-corrected chi connectivity index (χ0v) is 11.6. The molecule has 0 saturated carbocycles. The smallest absolute Gasteiger partial charge is 0.131 e. The van der Waals surface area contributed by atoms with Gasteiger partial charge >= 0.3 is 0 Å². The van der Waals surface area contributed by atoms with Crippen LogP contribution in [0.25, 0.3) is 5.52 Å². The lowest BCUT2D eigenvalue weighted by Crippen LogP contribution is -2.31. The van der Waals surface area contributed by atoms with Crippen molar-refractivity contribution in [3.8, 4) is 0 Å². The summed E-state index contributed by atoms with van der Waals surface area (Å²) < 4.78 is 2.08. The van der Waals surface area contributed by atoms with Crippen LogP contribution < -0.4 is 0 Å². The Hall–Kier alpha value is -1.06. The van der Waals surface area contributed by atoms with Gasteiger partial charge in [-0.3, -0.25) is 9.30 Å². The van der Waals surface area contributed by atoms with Crippen LogP contribution in [0.5, 0.6) is 0 Å². The van der Waals surface area contributed by atoms with E-state index < -0.39 is 0 Å². The molecule has 3 heterocycles. The van der Waals surface area contributed by atoms with Crippen molar-refractivity contribution in [3.05, 3.63) is 35.4 Å². The Kier molecular flexibility index (Phi) is 3.04. The van der Waals surface area contributed by atoms with Gasteiger partial charge in [-0.05, 0) is 45.4 Å². The molecule has 0 N–H and O–H groups in total. The van der Waals surface area contributed by atoms with Crippen molar-refractivity contribution >= 4 is 17.1 Å². The van der Waals surface area contributed by atoms with Gasteiger partial charge in [0.2, 0.25) is 0 Å². The maximum atomic E-state index is 6.31. The molecule has 2 aromatic heterocycles. The second kappa shape index (κ2) is 4.56. The van der Waals surface area contributed by atoms with Gasteiger partial charge in [0.1, 0.15) is 11.0 Å². The molecule has 3 rings (SSSR count). The Balaban J connectivity index is 2.09. The summed E-state index contributed by atoms with van der Waals surface area (Å²) in [7, 11) is 0. The van der Waals surface area contributed by atoms with Crippen molar-refractivity contribution in [3.63, 3.8) is 0 Å². The first-order chi connectivity index (χ1) is 8.68. The van der Waals surface area contributed by atoms with Crippen LogP contribution >= 0.6 is 11.6 Å². The third-order valence-electron chi connectivity index (χ3n) is 3.79. The molecule has 0 aromatic carbocycles. The third-order valence-corrected chi connectivity index (χ3v) is 4.08. The molecule has 96 valence electrons. The zero-order valence-electron chi connectivity index (χ0n) is 10.8. The molecule has 1 atom stereocenters. The average Bonchev–Trinajstić information content (AvgIpc) is 2.94. The predicted octanol–water partition coefficient (Wildman–Crippen LogP) is 3.53. The van der Waals surface area contributed by atoms with Crippen LogP contribution in [0.2, 0.25) is 5.15 Å². The van der Waals surface area contributed by atoms with Crippen molar-refractivity contribution in [2.75, 3.05) is 6.54 Å². The van der Waals surface area contributed by atoms with Crippen LogP contribution in [-0.2, 0) is 0 Å². The predicted molar refractivity (Wildman–Crippen MR) is 74.0 cm³/mol. The Labute approximate surface area is 112 Å². The summed E-state index contributed by atoms with van der Waals surface area (Å²) in [5, 5.41) is 0.746. The van der Waals surface area contributed by atoms with E-state index in [2.05, 4.69) is 34.2 Å². The molecule has 1 aliphatic rings. The molecule has 18 heavy (non-hydrogen) atoms. The first-order valence-corrected chi connectivity index (χ1v) is 6.94. The second-order valence-corrected chi connectivity index (χ2v) is 5.60. The summed E-state index contributed by atoms with van der Waals surface area (Å²) in [5.74, 6) is 1.09. The molecule has 0 radical (unpaired) electrons. The van der Waals surface area contributed by atoms with E-state index in [1.54, 1.807) is 0 Å². The summed E-state index contributed by atoms with van der Waals surface area (Å²) in [6, 6.07) is 6.89. The topological polar surface area (TPSA) is 20.5 Å². The summed E-state index contributed by atoms with van der Waals surface area (Å²) in [6.07, 6.45) is 4.32. The van der Waals surface area contributed by atoms with Gasteiger partial charge in [0.25, 0.3) is 0 Å².